The van der Waals surface area contributed by atoms with Crippen molar-refractivity contribution in [2.75, 3.05) is 4.90 Å². The molecule has 0 heterocycles. The SMILES string of the molecule is CC.Cc1ccc(N(c2ccc(C)cc2)c2cccc(C)c2)cc1. The van der Waals surface area contributed by atoms with Crippen LogP contribution in [0, 0.1) is 20.8 Å². The van der Waals surface area contributed by atoms with E-state index in [9.17, 15) is 0 Å². The lowest BCUT2D eigenvalue weighted by atomic mass is 10.1. The molecule has 1 nitrogen and oxygen atoms in total. The minimum atomic E-state index is 1.18. The summed E-state index contributed by atoms with van der Waals surface area (Å²) in [6.07, 6.45) is 0. The average Bonchev–Trinajstić information content (AvgIpc) is 2.60. The first-order valence-corrected chi connectivity index (χ1v) is 8.63. The van der Waals surface area contributed by atoms with Crippen LogP contribution in [0.2, 0.25) is 0 Å². The van der Waals surface area contributed by atoms with E-state index < -0.39 is 0 Å². The molecule has 0 N–H and O–H groups in total. The summed E-state index contributed by atoms with van der Waals surface area (Å²) in [6, 6.07) is 26.0. The van der Waals surface area contributed by atoms with Gasteiger partial charge in [0.15, 0.2) is 0 Å². The van der Waals surface area contributed by atoms with Crippen LogP contribution in [-0.2, 0) is 0 Å². The predicted octanol–water partition coefficient (Wildman–Crippen LogP) is 7.11. The van der Waals surface area contributed by atoms with Gasteiger partial charge in [-0.25, -0.2) is 0 Å². The van der Waals surface area contributed by atoms with Crippen LogP contribution in [0.5, 0.6) is 0 Å². The van der Waals surface area contributed by atoms with Gasteiger partial charge in [0.05, 0.1) is 0 Å². The van der Waals surface area contributed by atoms with E-state index in [1.165, 1.54) is 33.8 Å². The largest absolute Gasteiger partial charge is 0.310 e. The maximum absolute atomic E-state index is 2.30. The summed E-state index contributed by atoms with van der Waals surface area (Å²) < 4.78 is 0. The Morgan fingerprint density at radius 2 is 0.958 bits per heavy atom. The normalized spacial score (nSPS) is 9.88. The van der Waals surface area contributed by atoms with Gasteiger partial charge in [0.2, 0.25) is 0 Å². The van der Waals surface area contributed by atoms with Crippen molar-refractivity contribution in [2.24, 2.45) is 0 Å². The summed E-state index contributed by atoms with van der Waals surface area (Å²) in [5, 5.41) is 0. The molecule has 0 saturated heterocycles. The molecule has 0 spiro atoms. The van der Waals surface area contributed by atoms with E-state index in [-0.39, 0.29) is 0 Å². The Kier molecular flexibility index (Phi) is 6.20. The van der Waals surface area contributed by atoms with Crippen LogP contribution in [0.15, 0.2) is 72.8 Å². The van der Waals surface area contributed by atoms with Gasteiger partial charge in [0, 0.05) is 17.1 Å². The van der Waals surface area contributed by atoms with Crippen LogP contribution in [0.4, 0.5) is 17.1 Å². The molecule has 0 aliphatic rings. The van der Waals surface area contributed by atoms with E-state index >= 15 is 0 Å². The van der Waals surface area contributed by atoms with Gasteiger partial charge in [-0.1, -0.05) is 61.4 Å². The van der Waals surface area contributed by atoms with Crippen molar-refractivity contribution in [2.45, 2.75) is 34.6 Å². The van der Waals surface area contributed by atoms with E-state index in [0.29, 0.717) is 0 Å². The van der Waals surface area contributed by atoms with Crippen molar-refractivity contribution in [1.29, 1.82) is 0 Å². The Labute approximate surface area is 146 Å². The van der Waals surface area contributed by atoms with Crippen molar-refractivity contribution < 1.29 is 0 Å². The second-order valence-corrected chi connectivity index (χ2v) is 5.85. The number of benzene rings is 3. The van der Waals surface area contributed by atoms with Crippen LogP contribution < -0.4 is 4.90 Å². The van der Waals surface area contributed by atoms with Gasteiger partial charge in [-0.3, -0.25) is 0 Å². The van der Waals surface area contributed by atoms with Crippen LogP contribution in [0.25, 0.3) is 0 Å². The Morgan fingerprint density at radius 1 is 0.500 bits per heavy atom. The molecular formula is C23H27N. The highest BCUT2D eigenvalue weighted by Crippen LogP contribution is 2.34. The number of rotatable bonds is 3. The van der Waals surface area contributed by atoms with E-state index in [1.54, 1.807) is 0 Å². The molecule has 3 aromatic carbocycles. The molecule has 0 unspecified atom stereocenters. The molecule has 1 heteroatoms. The molecule has 124 valence electrons. The molecule has 0 bridgehead atoms. The summed E-state index contributed by atoms with van der Waals surface area (Å²) in [5.41, 5.74) is 7.36. The van der Waals surface area contributed by atoms with Crippen molar-refractivity contribution in [1.82, 2.24) is 0 Å². The van der Waals surface area contributed by atoms with Crippen molar-refractivity contribution in [3.05, 3.63) is 89.5 Å². The van der Waals surface area contributed by atoms with Crippen LogP contribution in [0.3, 0.4) is 0 Å². The first-order valence-electron chi connectivity index (χ1n) is 8.63. The molecular weight excluding hydrogens is 290 g/mol. The quantitative estimate of drug-likeness (QED) is 0.497. The maximum atomic E-state index is 2.30. The fourth-order valence-electron chi connectivity index (χ4n) is 2.60. The van der Waals surface area contributed by atoms with Gasteiger partial charge < -0.3 is 4.90 Å². The molecule has 24 heavy (non-hydrogen) atoms. The fraction of sp³-hybridized carbons (Fsp3) is 0.217. The minimum absolute atomic E-state index is 1.18. The zero-order chi connectivity index (χ0) is 17.5. The third-order valence-corrected chi connectivity index (χ3v) is 3.84. The molecule has 3 rings (SSSR count). The van der Waals surface area contributed by atoms with Gasteiger partial charge in [-0.15, -0.1) is 0 Å². The highest BCUT2D eigenvalue weighted by Gasteiger charge is 2.11. The molecule has 3 aromatic rings. The smallest absolute Gasteiger partial charge is 0.0464 e. The Hall–Kier alpha value is -2.54. The van der Waals surface area contributed by atoms with E-state index in [4.69, 9.17) is 0 Å². The summed E-state index contributed by atoms with van der Waals surface area (Å²) in [5.74, 6) is 0. The molecule has 0 aromatic heterocycles. The van der Waals surface area contributed by atoms with E-state index in [2.05, 4.69) is 98.5 Å². The molecule has 0 aliphatic carbocycles. The Bertz CT molecular complexity index is 709. The molecule has 0 atom stereocenters. The minimum Gasteiger partial charge on any atom is -0.310 e. The molecule has 0 radical (unpaired) electrons. The number of aryl methyl sites for hydroxylation is 3. The van der Waals surface area contributed by atoms with Crippen molar-refractivity contribution in [3.8, 4) is 0 Å². The standard InChI is InChI=1S/C21H21N.C2H6/c1-16-7-11-19(12-8-16)22(20-13-9-17(2)10-14-20)21-6-4-5-18(3)15-21;1-2/h4-15H,1-3H3;1-2H3. The van der Waals surface area contributed by atoms with Crippen molar-refractivity contribution >= 4 is 17.1 Å². The molecule has 0 fully saturated rings. The van der Waals surface area contributed by atoms with Gasteiger partial charge in [0.25, 0.3) is 0 Å². The summed E-state index contributed by atoms with van der Waals surface area (Å²) in [4.78, 5) is 2.30. The van der Waals surface area contributed by atoms with Gasteiger partial charge >= 0.3 is 0 Å². The first kappa shape index (κ1) is 17.8. The second-order valence-electron chi connectivity index (χ2n) is 5.85. The lowest BCUT2D eigenvalue weighted by Gasteiger charge is -2.26. The highest BCUT2D eigenvalue weighted by molar-refractivity contribution is 5.76. The molecule has 0 saturated carbocycles. The van der Waals surface area contributed by atoms with Crippen molar-refractivity contribution in [3.63, 3.8) is 0 Å². The molecule has 0 amide bonds. The number of hydrogen-bond acceptors (Lipinski definition) is 1. The Balaban J connectivity index is 0.00000100. The Morgan fingerprint density at radius 3 is 1.38 bits per heavy atom. The molecule has 0 aliphatic heterocycles. The van der Waals surface area contributed by atoms with Gasteiger partial charge in [-0.05, 0) is 62.7 Å². The monoisotopic (exact) mass is 317 g/mol. The lowest BCUT2D eigenvalue weighted by Crippen LogP contribution is -2.10. The lowest BCUT2D eigenvalue weighted by molar-refractivity contribution is 1.26. The van der Waals surface area contributed by atoms with E-state index in [1.807, 2.05) is 13.8 Å². The average molecular weight is 317 g/mol. The van der Waals surface area contributed by atoms with Gasteiger partial charge in [-0.2, -0.15) is 0 Å². The fourth-order valence-corrected chi connectivity index (χ4v) is 2.60. The summed E-state index contributed by atoms with van der Waals surface area (Å²) >= 11 is 0. The van der Waals surface area contributed by atoms with Gasteiger partial charge in [0.1, 0.15) is 0 Å². The zero-order valence-corrected chi connectivity index (χ0v) is 15.4. The number of anilines is 3. The first-order chi connectivity index (χ1) is 11.6. The summed E-state index contributed by atoms with van der Waals surface area (Å²) in [6.45, 7) is 10.4. The highest BCUT2D eigenvalue weighted by atomic mass is 15.1. The van der Waals surface area contributed by atoms with Crippen LogP contribution in [0.1, 0.15) is 30.5 Å². The van der Waals surface area contributed by atoms with Crippen LogP contribution in [-0.4, -0.2) is 0 Å². The zero-order valence-electron chi connectivity index (χ0n) is 15.4. The second kappa shape index (κ2) is 8.35. The van der Waals surface area contributed by atoms with E-state index in [0.717, 1.165) is 0 Å². The number of hydrogen-bond donors (Lipinski definition) is 0. The van der Waals surface area contributed by atoms with Crippen LogP contribution >= 0.6 is 0 Å². The third kappa shape index (κ3) is 4.26. The predicted molar refractivity (Wildman–Crippen MR) is 107 cm³/mol. The topological polar surface area (TPSA) is 3.24 Å². The summed E-state index contributed by atoms with van der Waals surface area (Å²) in [7, 11) is 0. The number of nitrogens with zero attached hydrogens (tertiary/aromatic N) is 1. The third-order valence-electron chi connectivity index (χ3n) is 3.84. The maximum Gasteiger partial charge on any atom is 0.0464 e.